The second kappa shape index (κ2) is 10.5. The fourth-order valence-electron chi connectivity index (χ4n) is 2.91. The summed E-state index contributed by atoms with van der Waals surface area (Å²) in [6.45, 7) is 0.248. The molecule has 0 aromatic heterocycles. The van der Waals surface area contributed by atoms with Crippen LogP contribution in [-0.2, 0) is 11.3 Å². The van der Waals surface area contributed by atoms with E-state index in [1.165, 1.54) is 0 Å². The lowest BCUT2D eigenvalue weighted by Gasteiger charge is -2.18. The lowest BCUT2D eigenvalue weighted by Crippen LogP contribution is -2.26. The second-order valence-corrected chi connectivity index (χ2v) is 7.25. The first kappa shape index (κ1) is 22.2. The number of ether oxygens (including phenoxy) is 2. The minimum atomic E-state index is -0.298. The summed E-state index contributed by atoms with van der Waals surface area (Å²) >= 11 is 6.17. The van der Waals surface area contributed by atoms with Crippen molar-refractivity contribution in [3.63, 3.8) is 0 Å². The number of halogens is 1. The quantitative estimate of drug-likeness (QED) is 0.556. The highest BCUT2D eigenvalue weighted by Gasteiger charge is 2.13. The number of methoxy groups -OCH3 is 1. The van der Waals surface area contributed by atoms with E-state index >= 15 is 0 Å². The Hall–Kier alpha value is -3.51. The zero-order valence-electron chi connectivity index (χ0n) is 17.3. The van der Waals surface area contributed by atoms with Crippen LogP contribution < -0.4 is 14.8 Å². The molecule has 0 bridgehead atoms. The van der Waals surface area contributed by atoms with E-state index in [1.807, 2.05) is 18.2 Å². The fourth-order valence-corrected chi connectivity index (χ4v) is 3.11. The first-order valence-corrected chi connectivity index (χ1v) is 9.99. The van der Waals surface area contributed by atoms with Crippen molar-refractivity contribution >= 4 is 29.1 Å². The van der Waals surface area contributed by atoms with Crippen LogP contribution in [0.2, 0.25) is 5.02 Å². The maximum absolute atomic E-state index is 12.7. The molecule has 0 spiro atoms. The van der Waals surface area contributed by atoms with Crippen molar-refractivity contribution < 1.29 is 19.1 Å². The van der Waals surface area contributed by atoms with Gasteiger partial charge in [0.2, 0.25) is 0 Å². The highest BCUT2D eigenvalue weighted by molar-refractivity contribution is 6.31. The van der Waals surface area contributed by atoms with E-state index in [4.69, 9.17) is 21.1 Å². The van der Waals surface area contributed by atoms with E-state index in [9.17, 15) is 9.59 Å². The third-order valence-electron chi connectivity index (χ3n) is 4.54. The monoisotopic (exact) mass is 438 g/mol. The molecule has 0 atom stereocenters. The molecule has 6 nitrogen and oxygen atoms in total. The van der Waals surface area contributed by atoms with Crippen molar-refractivity contribution in [3.05, 3.63) is 88.9 Å². The number of nitrogens with one attached hydrogen (secondary N) is 1. The van der Waals surface area contributed by atoms with Gasteiger partial charge in [0.05, 0.1) is 7.11 Å². The molecule has 0 heterocycles. The summed E-state index contributed by atoms with van der Waals surface area (Å²) in [5.41, 5.74) is 2.01. The number of hydrogen-bond acceptors (Lipinski definition) is 4. The van der Waals surface area contributed by atoms with Crippen LogP contribution in [0.25, 0.3) is 0 Å². The van der Waals surface area contributed by atoms with Crippen molar-refractivity contribution in [2.24, 2.45) is 0 Å². The van der Waals surface area contributed by atoms with Gasteiger partial charge in [0.1, 0.15) is 11.5 Å². The zero-order chi connectivity index (χ0) is 22.2. The van der Waals surface area contributed by atoms with E-state index in [2.05, 4.69) is 5.32 Å². The van der Waals surface area contributed by atoms with Gasteiger partial charge in [-0.15, -0.1) is 0 Å². The van der Waals surface area contributed by atoms with E-state index < -0.39 is 0 Å². The standard InChI is InChI=1S/C24H23ClN2O4/c1-27(15-18-6-3-4-9-22(18)25)24(29)17-10-12-20(13-11-17)31-16-23(28)26-19-7-5-8-21(14-19)30-2/h3-14H,15-16H2,1-2H3,(H,26,28). The molecule has 0 radical (unpaired) electrons. The summed E-state index contributed by atoms with van der Waals surface area (Å²) in [7, 11) is 3.28. The molecule has 0 aliphatic rings. The van der Waals surface area contributed by atoms with E-state index in [0.29, 0.717) is 34.3 Å². The van der Waals surface area contributed by atoms with Gasteiger partial charge in [0.15, 0.2) is 6.61 Å². The molecule has 7 heteroatoms. The maximum atomic E-state index is 12.7. The number of anilines is 1. The number of amides is 2. The van der Waals surface area contributed by atoms with Gasteiger partial charge >= 0.3 is 0 Å². The van der Waals surface area contributed by atoms with Crippen molar-refractivity contribution in [1.82, 2.24) is 4.90 Å². The number of benzene rings is 3. The van der Waals surface area contributed by atoms with Gasteiger partial charge in [-0.2, -0.15) is 0 Å². The topological polar surface area (TPSA) is 67.9 Å². The number of carbonyl (C=O) groups excluding carboxylic acids is 2. The Bertz CT molecular complexity index is 1050. The first-order valence-electron chi connectivity index (χ1n) is 9.62. The second-order valence-electron chi connectivity index (χ2n) is 6.85. The molecule has 1 N–H and O–H groups in total. The molecule has 3 rings (SSSR count). The molecular formula is C24H23ClN2O4. The van der Waals surface area contributed by atoms with Crippen molar-refractivity contribution in [2.75, 3.05) is 26.1 Å². The van der Waals surface area contributed by atoms with Gasteiger partial charge in [-0.25, -0.2) is 0 Å². The van der Waals surface area contributed by atoms with Crippen LogP contribution >= 0.6 is 11.6 Å². The minimum Gasteiger partial charge on any atom is -0.497 e. The predicted molar refractivity (Wildman–Crippen MR) is 121 cm³/mol. The normalized spacial score (nSPS) is 10.3. The molecule has 0 saturated carbocycles. The van der Waals surface area contributed by atoms with Crippen LogP contribution in [0.15, 0.2) is 72.8 Å². The smallest absolute Gasteiger partial charge is 0.262 e. The van der Waals surface area contributed by atoms with Gasteiger partial charge in [-0.3, -0.25) is 9.59 Å². The molecule has 0 aliphatic carbocycles. The number of carbonyl (C=O) groups is 2. The lowest BCUT2D eigenvalue weighted by molar-refractivity contribution is -0.118. The number of rotatable bonds is 8. The van der Waals surface area contributed by atoms with Gasteiger partial charge < -0.3 is 19.7 Å². The van der Waals surface area contributed by atoms with Gasteiger partial charge in [0, 0.05) is 35.9 Å². The van der Waals surface area contributed by atoms with Crippen LogP contribution in [0.5, 0.6) is 11.5 Å². The highest BCUT2D eigenvalue weighted by atomic mass is 35.5. The number of nitrogens with zero attached hydrogens (tertiary/aromatic N) is 1. The SMILES string of the molecule is COc1cccc(NC(=O)COc2ccc(C(=O)N(C)Cc3ccccc3Cl)cc2)c1. The number of hydrogen-bond donors (Lipinski definition) is 1. The molecule has 0 aliphatic heterocycles. The van der Waals surface area contributed by atoms with Crippen LogP contribution in [0, 0.1) is 0 Å². The first-order chi connectivity index (χ1) is 15.0. The van der Waals surface area contributed by atoms with E-state index in [0.717, 1.165) is 5.56 Å². The summed E-state index contributed by atoms with van der Waals surface area (Å²) in [6, 6.07) is 21.1. The van der Waals surface area contributed by atoms with E-state index in [1.54, 1.807) is 73.7 Å². The molecular weight excluding hydrogens is 416 g/mol. The van der Waals surface area contributed by atoms with E-state index in [-0.39, 0.29) is 18.4 Å². The molecule has 3 aromatic rings. The van der Waals surface area contributed by atoms with Crippen LogP contribution in [0.1, 0.15) is 15.9 Å². The lowest BCUT2D eigenvalue weighted by atomic mass is 10.1. The summed E-state index contributed by atoms with van der Waals surface area (Å²) in [5.74, 6) is 0.708. The average molecular weight is 439 g/mol. The summed E-state index contributed by atoms with van der Waals surface area (Å²) in [5, 5.41) is 3.37. The molecule has 160 valence electrons. The van der Waals surface area contributed by atoms with Gasteiger partial charge in [0.25, 0.3) is 11.8 Å². The molecule has 3 aromatic carbocycles. The Kier molecular flexibility index (Phi) is 7.51. The minimum absolute atomic E-state index is 0.137. The molecule has 0 fully saturated rings. The molecule has 2 amide bonds. The fraction of sp³-hybridized carbons (Fsp3) is 0.167. The summed E-state index contributed by atoms with van der Waals surface area (Å²) < 4.78 is 10.6. The van der Waals surface area contributed by atoms with Crippen molar-refractivity contribution in [2.45, 2.75) is 6.54 Å². The molecule has 31 heavy (non-hydrogen) atoms. The largest absolute Gasteiger partial charge is 0.497 e. The van der Waals surface area contributed by atoms with Gasteiger partial charge in [-0.05, 0) is 48.0 Å². The third kappa shape index (κ3) is 6.23. The predicted octanol–water partition coefficient (Wildman–Crippen LogP) is 4.64. The Balaban J connectivity index is 1.52. The Morgan fingerprint density at radius 1 is 0.968 bits per heavy atom. The maximum Gasteiger partial charge on any atom is 0.262 e. The summed E-state index contributed by atoms with van der Waals surface area (Å²) in [4.78, 5) is 26.4. The molecule has 0 unspecified atom stereocenters. The van der Waals surface area contributed by atoms with Crippen molar-refractivity contribution in [3.8, 4) is 11.5 Å². The average Bonchev–Trinajstić information content (AvgIpc) is 2.79. The zero-order valence-corrected chi connectivity index (χ0v) is 18.1. The third-order valence-corrected chi connectivity index (χ3v) is 4.91. The van der Waals surface area contributed by atoms with Crippen LogP contribution in [0.4, 0.5) is 5.69 Å². The molecule has 0 saturated heterocycles. The van der Waals surface area contributed by atoms with Crippen LogP contribution in [-0.4, -0.2) is 37.5 Å². The summed E-state index contributed by atoms with van der Waals surface area (Å²) in [6.07, 6.45) is 0. The Labute approximate surface area is 186 Å². The Morgan fingerprint density at radius 3 is 2.42 bits per heavy atom. The Morgan fingerprint density at radius 2 is 1.71 bits per heavy atom. The highest BCUT2D eigenvalue weighted by Crippen LogP contribution is 2.19. The van der Waals surface area contributed by atoms with Crippen LogP contribution in [0.3, 0.4) is 0 Å². The van der Waals surface area contributed by atoms with Crippen molar-refractivity contribution in [1.29, 1.82) is 0 Å². The van der Waals surface area contributed by atoms with Gasteiger partial charge in [-0.1, -0.05) is 35.9 Å².